The number of rotatable bonds is 3. The highest BCUT2D eigenvalue weighted by atomic mass is 16.1. The minimum atomic E-state index is -0.556. The number of amides is 1. The first kappa shape index (κ1) is 11.3. The summed E-state index contributed by atoms with van der Waals surface area (Å²) in [5.41, 5.74) is 0.769. The van der Waals surface area contributed by atoms with E-state index >= 15 is 0 Å². The van der Waals surface area contributed by atoms with Gasteiger partial charge in [-0.1, -0.05) is 18.2 Å². The van der Waals surface area contributed by atoms with Gasteiger partial charge in [-0.05, 0) is 26.0 Å². The Morgan fingerprint density at radius 1 is 1.29 bits per heavy atom. The molecule has 0 spiro atoms. The number of nitrogens with one attached hydrogen (secondary N) is 2. The molecule has 5 nitrogen and oxygen atoms in total. The summed E-state index contributed by atoms with van der Waals surface area (Å²) in [6.45, 7) is 3.76. The molecule has 17 heavy (non-hydrogen) atoms. The highest BCUT2D eigenvalue weighted by Crippen LogP contribution is 2.16. The van der Waals surface area contributed by atoms with Crippen molar-refractivity contribution in [3.8, 4) is 0 Å². The Morgan fingerprint density at radius 3 is 2.59 bits per heavy atom. The number of hydrogen-bond donors (Lipinski definition) is 2. The van der Waals surface area contributed by atoms with E-state index in [2.05, 4.69) is 20.7 Å². The summed E-state index contributed by atoms with van der Waals surface area (Å²) in [5, 5.41) is 13.2. The largest absolute Gasteiger partial charge is 0.341 e. The van der Waals surface area contributed by atoms with Gasteiger partial charge in [-0.25, -0.2) is 0 Å². The number of aromatic amines is 1. The first-order chi connectivity index (χ1) is 8.09. The lowest BCUT2D eigenvalue weighted by atomic mass is 10.0. The van der Waals surface area contributed by atoms with Gasteiger partial charge in [0.2, 0.25) is 0 Å². The maximum Gasteiger partial charge on any atom is 0.252 e. The van der Waals surface area contributed by atoms with Crippen LogP contribution in [-0.4, -0.2) is 21.3 Å². The predicted molar refractivity (Wildman–Crippen MR) is 63.3 cm³/mol. The van der Waals surface area contributed by atoms with Gasteiger partial charge in [0.25, 0.3) is 5.91 Å². The average molecular weight is 230 g/mol. The third-order valence-corrected chi connectivity index (χ3v) is 2.52. The van der Waals surface area contributed by atoms with E-state index in [-0.39, 0.29) is 5.91 Å². The first-order valence-corrected chi connectivity index (χ1v) is 5.33. The third-order valence-electron chi connectivity index (χ3n) is 2.52. The van der Waals surface area contributed by atoms with Crippen LogP contribution < -0.4 is 5.32 Å². The zero-order valence-electron chi connectivity index (χ0n) is 9.77. The van der Waals surface area contributed by atoms with Crippen LogP contribution in [0.3, 0.4) is 0 Å². The summed E-state index contributed by atoms with van der Waals surface area (Å²) >= 11 is 0. The molecule has 1 amide bonds. The van der Waals surface area contributed by atoms with Crippen molar-refractivity contribution in [1.29, 1.82) is 0 Å². The van der Waals surface area contributed by atoms with E-state index in [1.54, 1.807) is 18.3 Å². The van der Waals surface area contributed by atoms with E-state index in [1.165, 1.54) is 0 Å². The molecule has 2 rings (SSSR count). The summed E-state index contributed by atoms with van der Waals surface area (Å²) in [7, 11) is 0. The van der Waals surface area contributed by atoms with Crippen molar-refractivity contribution in [2.45, 2.75) is 19.4 Å². The Morgan fingerprint density at radius 2 is 2.00 bits per heavy atom. The number of H-pyrrole nitrogens is 1. The van der Waals surface area contributed by atoms with Crippen LogP contribution in [0.15, 0.2) is 36.5 Å². The van der Waals surface area contributed by atoms with Gasteiger partial charge in [0.05, 0.1) is 11.7 Å². The van der Waals surface area contributed by atoms with Gasteiger partial charge in [0, 0.05) is 5.56 Å². The molecule has 1 aromatic carbocycles. The molecule has 0 unspecified atom stereocenters. The van der Waals surface area contributed by atoms with E-state index in [0.717, 1.165) is 0 Å². The second-order valence-corrected chi connectivity index (χ2v) is 4.30. The maximum atomic E-state index is 12.0. The molecule has 0 fully saturated rings. The topological polar surface area (TPSA) is 70.7 Å². The molecule has 1 aromatic heterocycles. The molecule has 0 radical (unpaired) electrons. The summed E-state index contributed by atoms with van der Waals surface area (Å²) in [4.78, 5) is 12.0. The number of carbonyl (C=O) groups excluding carboxylic acids is 1. The number of hydrogen-bond acceptors (Lipinski definition) is 3. The fourth-order valence-corrected chi connectivity index (χ4v) is 1.51. The lowest BCUT2D eigenvalue weighted by Gasteiger charge is -2.23. The summed E-state index contributed by atoms with van der Waals surface area (Å²) in [6.07, 6.45) is 1.60. The van der Waals surface area contributed by atoms with E-state index < -0.39 is 5.54 Å². The smallest absolute Gasteiger partial charge is 0.252 e. The number of nitrogens with zero attached hydrogens (tertiary/aromatic N) is 2. The summed E-state index contributed by atoms with van der Waals surface area (Å²) < 4.78 is 0. The first-order valence-electron chi connectivity index (χ1n) is 5.33. The van der Waals surface area contributed by atoms with Crippen molar-refractivity contribution in [2.24, 2.45) is 0 Å². The molecule has 88 valence electrons. The fourth-order valence-electron chi connectivity index (χ4n) is 1.51. The van der Waals surface area contributed by atoms with Crippen LogP contribution in [-0.2, 0) is 5.54 Å². The molecular formula is C12H14N4O. The molecule has 2 aromatic rings. The molecule has 0 saturated carbocycles. The van der Waals surface area contributed by atoms with Crippen molar-refractivity contribution in [3.63, 3.8) is 0 Å². The molecule has 2 N–H and O–H groups in total. The molecule has 0 saturated heterocycles. The maximum absolute atomic E-state index is 12.0. The second kappa shape index (κ2) is 4.37. The zero-order valence-corrected chi connectivity index (χ0v) is 9.77. The molecule has 0 atom stereocenters. The van der Waals surface area contributed by atoms with E-state index in [9.17, 15) is 4.79 Å². The van der Waals surface area contributed by atoms with E-state index in [4.69, 9.17) is 0 Å². The number of benzene rings is 1. The quantitative estimate of drug-likeness (QED) is 0.838. The van der Waals surface area contributed by atoms with Crippen molar-refractivity contribution >= 4 is 5.91 Å². The van der Waals surface area contributed by atoms with Gasteiger partial charge in [-0.3, -0.25) is 4.79 Å². The Bertz CT molecular complexity index is 490. The van der Waals surface area contributed by atoms with Crippen molar-refractivity contribution in [1.82, 2.24) is 20.7 Å². The molecule has 5 heteroatoms. The van der Waals surface area contributed by atoms with Crippen molar-refractivity contribution in [2.75, 3.05) is 0 Å². The minimum Gasteiger partial charge on any atom is -0.341 e. The second-order valence-electron chi connectivity index (χ2n) is 4.30. The van der Waals surface area contributed by atoms with E-state index in [1.807, 2.05) is 32.0 Å². The SMILES string of the molecule is CC(C)(NC(=O)c1ccccc1)c1cn[nH]n1. The number of aromatic nitrogens is 3. The van der Waals surface area contributed by atoms with Crippen LogP contribution in [0.4, 0.5) is 0 Å². The molecule has 0 bridgehead atoms. The molecule has 1 heterocycles. The average Bonchev–Trinajstić information content (AvgIpc) is 2.84. The Hall–Kier alpha value is -2.17. The molecular weight excluding hydrogens is 216 g/mol. The van der Waals surface area contributed by atoms with Crippen LogP contribution in [0, 0.1) is 0 Å². The standard InChI is InChI=1S/C12H14N4O/c1-12(2,10-8-13-16-15-10)14-11(17)9-6-4-3-5-7-9/h3-8H,1-2H3,(H,14,17)(H,13,15,16). The lowest BCUT2D eigenvalue weighted by Crippen LogP contribution is -2.41. The molecule has 0 aliphatic carbocycles. The molecule has 0 aliphatic heterocycles. The Balaban J connectivity index is 2.14. The van der Waals surface area contributed by atoms with Crippen LogP contribution in [0.1, 0.15) is 29.9 Å². The van der Waals surface area contributed by atoms with Gasteiger partial charge >= 0.3 is 0 Å². The van der Waals surface area contributed by atoms with Crippen molar-refractivity contribution < 1.29 is 4.79 Å². The van der Waals surface area contributed by atoms with Crippen LogP contribution in [0.5, 0.6) is 0 Å². The minimum absolute atomic E-state index is 0.126. The Kier molecular flexibility index (Phi) is 2.91. The van der Waals surface area contributed by atoms with E-state index in [0.29, 0.717) is 11.3 Å². The monoisotopic (exact) mass is 230 g/mol. The van der Waals surface area contributed by atoms with Gasteiger partial charge in [-0.2, -0.15) is 15.4 Å². The normalized spacial score (nSPS) is 11.2. The highest BCUT2D eigenvalue weighted by molar-refractivity contribution is 5.94. The predicted octanol–water partition coefficient (Wildman–Crippen LogP) is 1.47. The van der Waals surface area contributed by atoms with Crippen LogP contribution in [0.25, 0.3) is 0 Å². The zero-order chi connectivity index (χ0) is 12.3. The Labute approximate surface area is 99.2 Å². The number of carbonyl (C=O) groups is 1. The van der Waals surface area contributed by atoms with Gasteiger partial charge in [0.1, 0.15) is 5.69 Å². The lowest BCUT2D eigenvalue weighted by molar-refractivity contribution is 0.0910. The van der Waals surface area contributed by atoms with Gasteiger partial charge in [-0.15, -0.1) is 0 Å². The van der Waals surface area contributed by atoms with Gasteiger partial charge in [0.15, 0.2) is 0 Å². The van der Waals surface area contributed by atoms with Crippen LogP contribution in [0.2, 0.25) is 0 Å². The summed E-state index contributed by atoms with van der Waals surface area (Å²) in [6, 6.07) is 9.08. The summed E-state index contributed by atoms with van der Waals surface area (Å²) in [5.74, 6) is -0.126. The van der Waals surface area contributed by atoms with Crippen LogP contribution >= 0.6 is 0 Å². The molecule has 0 aliphatic rings. The van der Waals surface area contributed by atoms with Crippen molar-refractivity contribution in [3.05, 3.63) is 47.8 Å². The fraction of sp³-hybridized carbons (Fsp3) is 0.250. The highest BCUT2D eigenvalue weighted by Gasteiger charge is 2.25. The third kappa shape index (κ3) is 2.50. The van der Waals surface area contributed by atoms with Gasteiger partial charge < -0.3 is 5.32 Å².